The van der Waals surface area contributed by atoms with Crippen LogP contribution in [0.1, 0.15) is 10.4 Å². The number of nitrogens with one attached hydrogen (secondary N) is 1. The summed E-state index contributed by atoms with van der Waals surface area (Å²) in [6, 6.07) is 10.5. The molecule has 0 atom stereocenters. The Morgan fingerprint density at radius 2 is 2.05 bits per heavy atom. The molecule has 1 aromatic heterocycles. The van der Waals surface area contributed by atoms with E-state index in [1.165, 1.54) is 10.6 Å². The first-order valence-corrected chi connectivity index (χ1v) is 5.94. The van der Waals surface area contributed by atoms with Gasteiger partial charge in [-0.25, -0.2) is 5.84 Å². The molecule has 104 valence electrons. The second-order valence-electron chi connectivity index (χ2n) is 4.20. The van der Waals surface area contributed by atoms with Crippen molar-refractivity contribution < 1.29 is 9.53 Å². The third-order valence-electron chi connectivity index (χ3n) is 3.05. The third-order valence-corrected chi connectivity index (χ3v) is 3.05. The van der Waals surface area contributed by atoms with Gasteiger partial charge in [0.05, 0.1) is 12.8 Å². The van der Waals surface area contributed by atoms with Crippen LogP contribution in [-0.4, -0.2) is 17.6 Å². The minimum absolute atomic E-state index is 0.00152. The molecule has 0 spiro atoms. The van der Waals surface area contributed by atoms with Gasteiger partial charge in [-0.05, 0) is 24.3 Å². The largest absolute Gasteiger partial charge is 0.497 e. The van der Waals surface area contributed by atoms with Crippen molar-refractivity contribution in [3.63, 3.8) is 0 Å². The molecule has 0 bridgehead atoms. The predicted octanol–water partition coefficient (Wildman–Crippen LogP) is 0.664. The van der Waals surface area contributed by atoms with E-state index in [0.29, 0.717) is 11.4 Å². The van der Waals surface area contributed by atoms with Crippen LogP contribution in [0.4, 0.5) is 0 Å². The van der Waals surface area contributed by atoms with Gasteiger partial charge in [-0.15, -0.1) is 0 Å². The molecule has 0 unspecified atom stereocenters. The number of hydrazine groups is 1. The Hall–Kier alpha value is -2.60. The van der Waals surface area contributed by atoms with Crippen molar-refractivity contribution in [3.05, 3.63) is 52.3 Å². The van der Waals surface area contributed by atoms with Crippen LogP contribution in [0.3, 0.4) is 0 Å². The van der Waals surface area contributed by atoms with E-state index >= 15 is 0 Å². The standard InChI is InChI=1S/C14H15N3O3/c1-17-12(9-4-3-5-10(8-9)20-2)7-6-11(14(17)19)13(18)16-15/h3-8H,15H2,1-2H3,(H,16,18). The van der Waals surface area contributed by atoms with Gasteiger partial charge in [0, 0.05) is 12.6 Å². The number of rotatable bonds is 3. The first-order valence-electron chi connectivity index (χ1n) is 5.94. The number of nitrogens with zero attached hydrogens (tertiary/aromatic N) is 1. The van der Waals surface area contributed by atoms with Crippen molar-refractivity contribution in [3.8, 4) is 17.0 Å². The molecule has 0 radical (unpaired) electrons. The molecule has 2 rings (SSSR count). The zero-order valence-electron chi connectivity index (χ0n) is 11.2. The Kier molecular flexibility index (Phi) is 3.86. The van der Waals surface area contributed by atoms with Gasteiger partial charge in [0.2, 0.25) is 0 Å². The number of nitrogens with two attached hydrogens (primary N) is 1. The van der Waals surface area contributed by atoms with E-state index in [0.717, 1.165) is 5.56 Å². The number of hydrogen-bond donors (Lipinski definition) is 2. The monoisotopic (exact) mass is 273 g/mol. The molecule has 3 N–H and O–H groups in total. The number of pyridine rings is 1. The zero-order chi connectivity index (χ0) is 14.7. The van der Waals surface area contributed by atoms with E-state index in [4.69, 9.17) is 10.6 Å². The van der Waals surface area contributed by atoms with Gasteiger partial charge in [0.1, 0.15) is 11.3 Å². The minimum atomic E-state index is -0.609. The summed E-state index contributed by atoms with van der Waals surface area (Å²) in [5.74, 6) is 5.13. The van der Waals surface area contributed by atoms with E-state index in [2.05, 4.69) is 0 Å². The number of methoxy groups -OCH3 is 1. The lowest BCUT2D eigenvalue weighted by molar-refractivity contribution is 0.0951. The van der Waals surface area contributed by atoms with E-state index in [1.54, 1.807) is 20.2 Å². The first-order chi connectivity index (χ1) is 9.58. The number of hydrogen-bond acceptors (Lipinski definition) is 4. The Morgan fingerprint density at radius 1 is 1.30 bits per heavy atom. The van der Waals surface area contributed by atoms with Crippen molar-refractivity contribution in [2.45, 2.75) is 0 Å². The zero-order valence-corrected chi connectivity index (χ0v) is 11.2. The highest BCUT2D eigenvalue weighted by Gasteiger charge is 2.13. The van der Waals surface area contributed by atoms with Gasteiger partial charge in [-0.2, -0.15) is 0 Å². The molecule has 6 nitrogen and oxygen atoms in total. The Labute approximate surface area is 115 Å². The highest BCUT2D eigenvalue weighted by atomic mass is 16.5. The average molecular weight is 273 g/mol. The molecule has 6 heteroatoms. The highest BCUT2D eigenvalue weighted by molar-refractivity contribution is 5.93. The summed E-state index contributed by atoms with van der Waals surface area (Å²) in [5, 5.41) is 0. The lowest BCUT2D eigenvalue weighted by Crippen LogP contribution is -2.36. The van der Waals surface area contributed by atoms with Gasteiger partial charge in [-0.1, -0.05) is 12.1 Å². The number of nitrogen functional groups attached to an aromatic ring is 1. The summed E-state index contributed by atoms with van der Waals surface area (Å²) in [6.45, 7) is 0. The molecule has 0 aliphatic carbocycles. The molecule has 1 aromatic carbocycles. The SMILES string of the molecule is COc1cccc(-c2ccc(C(=O)NN)c(=O)n2C)c1. The Balaban J connectivity index is 2.56. The second-order valence-corrected chi connectivity index (χ2v) is 4.20. The fourth-order valence-electron chi connectivity index (χ4n) is 1.96. The fraction of sp³-hybridized carbons (Fsp3) is 0.143. The molecule has 0 aliphatic heterocycles. The second kappa shape index (κ2) is 5.58. The van der Waals surface area contributed by atoms with Crippen LogP contribution in [0.15, 0.2) is 41.2 Å². The van der Waals surface area contributed by atoms with Crippen LogP contribution in [0.25, 0.3) is 11.3 Å². The number of amides is 1. The molecule has 0 saturated carbocycles. The fourth-order valence-corrected chi connectivity index (χ4v) is 1.96. The van der Waals surface area contributed by atoms with E-state index in [9.17, 15) is 9.59 Å². The Morgan fingerprint density at radius 3 is 2.70 bits per heavy atom. The first kappa shape index (κ1) is 13.8. The highest BCUT2D eigenvalue weighted by Crippen LogP contribution is 2.22. The smallest absolute Gasteiger partial charge is 0.270 e. The summed E-state index contributed by atoms with van der Waals surface area (Å²) in [5.41, 5.74) is 3.05. The lowest BCUT2D eigenvalue weighted by atomic mass is 10.1. The number of carbonyl (C=O) groups excluding carboxylic acids is 1. The van der Waals surface area contributed by atoms with E-state index < -0.39 is 11.5 Å². The van der Waals surface area contributed by atoms with Gasteiger partial charge in [0.25, 0.3) is 11.5 Å². The summed E-state index contributed by atoms with van der Waals surface area (Å²) in [7, 11) is 3.18. The quantitative estimate of drug-likeness (QED) is 0.489. The van der Waals surface area contributed by atoms with Crippen LogP contribution in [0, 0.1) is 0 Å². The van der Waals surface area contributed by atoms with Crippen LogP contribution < -0.4 is 21.6 Å². The molecule has 1 amide bonds. The van der Waals surface area contributed by atoms with E-state index in [1.807, 2.05) is 29.7 Å². The maximum atomic E-state index is 12.1. The summed E-state index contributed by atoms with van der Waals surface area (Å²) >= 11 is 0. The maximum Gasteiger partial charge on any atom is 0.270 e. The minimum Gasteiger partial charge on any atom is -0.497 e. The normalized spacial score (nSPS) is 10.2. The summed E-state index contributed by atoms with van der Waals surface area (Å²) < 4.78 is 6.56. The molecular weight excluding hydrogens is 258 g/mol. The molecule has 2 aromatic rings. The van der Waals surface area contributed by atoms with Gasteiger partial charge < -0.3 is 9.30 Å². The molecule has 0 aliphatic rings. The van der Waals surface area contributed by atoms with Crippen molar-refractivity contribution in [2.75, 3.05) is 7.11 Å². The number of aromatic nitrogens is 1. The summed E-state index contributed by atoms with van der Waals surface area (Å²) in [6.07, 6.45) is 0. The third kappa shape index (κ3) is 2.41. The topological polar surface area (TPSA) is 86.3 Å². The predicted molar refractivity (Wildman–Crippen MR) is 75.3 cm³/mol. The average Bonchev–Trinajstić information content (AvgIpc) is 2.49. The molecule has 20 heavy (non-hydrogen) atoms. The van der Waals surface area contributed by atoms with Crippen LogP contribution in [-0.2, 0) is 7.05 Å². The van der Waals surface area contributed by atoms with Crippen molar-refractivity contribution >= 4 is 5.91 Å². The number of benzene rings is 1. The molecule has 0 fully saturated rings. The van der Waals surface area contributed by atoms with Crippen molar-refractivity contribution in [2.24, 2.45) is 12.9 Å². The van der Waals surface area contributed by atoms with Gasteiger partial charge in [0.15, 0.2) is 0 Å². The molecular formula is C14H15N3O3. The van der Waals surface area contributed by atoms with E-state index in [-0.39, 0.29) is 5.56 Å². The van der Waals surface area contributed by atoms with Gasteiger partial charge in [-0.3, -0.25) is 15.0 Å². The van der Waals surface area contributed by atoms with Crippen molar-refractivity contribution in [1.29, 1.82) is 0 Å². The van der Waals surface area contributed by atoms with Crippen LogP contribution in [0.2, 0.25) is 0 Å². The maximum absolute atomic E-state index is 12.1. The molecule has 0 saturated heterocycles. The van der Waals surface area contributed by atoms with Gasteiger partial charge >= 0.3 is 0 Å². The Bertz CT molecular complexity index is 707. The van der Waals surface area contributed by atoms with Crippen molar-refractivity contribution in [1.82, 2.24) is 9.99 Å². The van der Waals surface area contributed by atoms with Crippen LogP contribution in [0.5, 0.6) is 5.75 Å². The number of carbonyl (C=O) groups is 1. The number of ether oxygens (including phenoxy) is 1. The van der Waals surface area contributed by atoms with Crippen LogP contribution >= 0.6 is 0 Å². The lowest BCUT2D eigenvalue weighted by Gasteiger charge is -2.11. The summed E-state index contributed by atoms with van der Waals surface area (Å²) in [4.78, 5) is 23.6. The molecule has 1 heterocycles.